The van der Waals surface area contributed by atoms with Crippen molar-refractivity contribution in [3.05, 3.63) is 45.8 Å². The van der Waals surface area contributed by atoms with Crippen LogP contribution < -0.4 is 0 Å². The number of rotatable bonds is 3. The Hall–Kier alpha value is -1.45. The van der Waals surface area contributed by atoms with Crippen molar-refractivity contribution in [3.63, 3.8) is 0 Å². The zero-order valence-electron chi connectivity index (χ0n) is 9.74. The fraction of sp³-hybridized carbons (Fsp3) is 0.500. The van der Waals surface area contributed by atoms with E-state index < -0.39 is 0 Å². The maximum atomic E-state index is 12.8. The summed E-state index contributed by atoms with van der Waals surface area (Å²) >= 11 is 0. The SMILES string of the molecule is CC(C)(C)C(C[N+](=O)[O-])c1ccc(F)cc1. The molecule has 1 rings (SSSR count). The second kappa shape index (κ2) is 4.60. The lowest BCUT2D eigenvalue weighted by Crippen LogP contribution is -2.25. The molecule has 0 amide bonds. The molecule has 1 atom stereocenters. The lowest BCUT2D eigenvalue weighted by atomic mass is 9.76. The minimum absolute atomic E-state index is 0.130. The number of hydrogen-bond acceptors (Lipinski definition) is 2. The van der Waals surface area contributed by atoms with Crippen LogP contribution in [0.4, 0.5) is 4.39 Å². The standard InChI is InChI=1S/C12H16FNO2/c1-12(2,3)11(8-14(15)16)9-4-6-10(13)7-5-9/h4-7,11H,8H2,1-3H3. The molecule has 0 aliphatic heterocycles. The summed E-state index contributed by atoms with van der Waals surface area (Å²) < 4.78 is 12.8. The van der Waals surface area contributed by atoms with Gasteiger partial charge in [0, 0.05) is 4.92 Å². The molecule has 4 heteroatoms. The zero-order chi connectivity index (χ0) is 12.3. The van der Waals surface area contributed by atoms with Crippen molar-refractivity contribution < 1.29 is 9.31 Å². The number of benzene rings is 1. The molecule has 0 spiro atoms. The van der Waals surface area contributed by atoms with Gasteiger partial charge in [-0.2, -0.15) is 0 Å². The molecule has 16 heavy (non-hydrogen) atoms. The van der Waals surface area contributed by atoms with Crippen LogP contribution in [0.3, 0.4) is 0 Å². The quantitative estimate of drug-likeness (QED) is 0.585. The van der Waals surface area contributed by atoms with E-state index in [2.05, 4.69) is 0 Å². The van der Waals surface area contributed by atoms with E-state index >= 15 is 0 Å². The van der Waals surface area contributed by atoms with Gasteiger partial charge in [-0.3, -0.25) is 10.1 Å². The van der Waals surface area contributed by atoms with E-state index in [4.69, 9.17) is 0 Å². The molecule has 0 saturated heterocycles. The monoisotopic (exact) mass is 225 g/mol. The van der Waals surface area contributed by atoms with Crippen molar-refractivity contribution >= 4 is 0 Å². The molecule has 88 valence electrons. The van der Waals surface area contributed by atoms with Gasteiger partial charge in [-0.25, -0.2) is 4.39 Å². The van der Waals surface area contributed by atoms with Crippen molar-refractivity contribution in [1.29, 1.82) is 0 Å². The topological polar surface area (TPSA) is 43.1 Å². The highest BCUT2D eigenvalue weighted by molar-refractivity contribution is 5.22. The Balaban J connectivity index is 3.01. The normalized spacial score (nSPS) is 13.5. The number of halogens is 1. The molecule has 0 aromatic heterocycles. The van der Waals surface area contributed by atoms with Gasteiger partial charge in [-0.15, -0.1) is 0 Å². The van der Waals surface area contributed by atoms with E-state index in [0.717, 1.165) is 5.56 Å². The molecule has 1 unspecified atom stereocenters. The molecule has 0 N–H and O–H groups in total. The Morgan fingerprint density at radius 2 is 1.81 bits per heavy atom. The van der Waals surface area contributed by atoms with Gasteiger partial charge in [-0.1, -0.05) is 32.9 Å². The molecule has 0 fully saturated rings. The maximum Gasteiger partial charge on any atom is 0.211 e. The first kappa shape index (κ1) is 12.6. The van der Waals surface area contributed by atoms with Gasteiger partial charge >= 0.3 is 0 Å². The predicted octanol–water partition coefficient (Wildman–Crippen LogP) is 3.23. The Morgan fingerprint density at radius 3 is 2.19 bits per heavy atom. The van der Waals surface area contributed by atoms with E-state index in [-0.39, 0.29) is 28.6 Å². The Labute approximate surface area is 94.4 Å². The molecular formula is C12H16FNO2. The van der Waals surface area contributed by atoms with Crippen molar-refractivity contribution in [2.75, 3.05) is 6.54 Å². The van der Waals surface area contributed by atoms with Crippen LogP contribution in [0.2, 0.25) is 0 Å². The van der Waals surface area contributed by atoms with Crippen molar-refractivity contribution in [2.24, 2.45) is 5.41 Å². The van der Waals surface area contributed by atoms with Crippen LogP contribution in [0.25, 0.3) is 0 Å². The van der Waals surface area contributed by atoms with Gasteiger partial charge in [-0.05, 0) is 23.1 Å². The van der Waals surface area contributed by atoms with E-state index in [9.17, 15) is 14.5 Å². The molecule has 3 nitrogen and oxygen atoms in total. The summed E-state index contributed by atoms with van der Waals surface area (Å²) in [5, 5.41) is 10.6. The maximum absolute atomic E-state index is 12.8. The fourth-order valence-electron chi connectivity index (χ4n) is 1.72. The third-order valence-electron chi connectivity index (χ3n) is 2.65. The van der Waals surface area contributed by atoms with Crippen LogP contribution in [0.15, 0.2) is 24.3 Å². The molecule has 0 aliphatic rings. The molecule has 0 saturated carbocycles. The van der Waals surface area contributed by atoms with E-state index in [1.54, 1.807) is 12.1 Å². The van der Waals surface area contributed by atoms with Crippen LogP contribution in [0, 0.1) is 21.3 Å². The second-order valence-electron chi connectivity index (χ2n) is 4.99. The highest BCUT2D eigenvalue weighted by atomic mass is 19.1. The summed E-state index contributed by atoms with van der Waals surface area (Å²) in [6.45, 7) is 5.72. The summed E-state index contributed by atoms with van der Waals surface area (Å²) in [6.07, 6.45) is 0. The molecule has 0 heterocycles. The first-order valence-corrected chi connectivity index (χ1v) is 5.18. The average Bonchev–Trinajstić information content (AvgIpc) is 2.14. The summed E-state index contributed by atoms with van der Waals surface area (Å²) in [7, 11) is 0. The van der Waals surface area contributed by atoms with E-state index in [1.165, 1.54) is 12.1 Å². The summed E-state index contributed by atoms with van der Waals surface area (Å²) in [6, 6.07) is 5.92. The van der Waals surface area contributed by atoms with Crippen LogP contribution in [0.5, 0.6) is 0 Å². The lowest BCUT2D eigenvalue weighted by Gasteiger charge is -2.27. The number of nitrogens with zero attached hydrogens (tertiary/aromatic N) is 1. The van der Waals surface area contributed by atoms with Gasteiger partial charge < -0.3 is 0 Å². The molecule has 1 aromatic rings. The van der Waals surface area contributed by atoms with Crippen LogP contribution >= 0.6 is 0 Å². The van der Waals surface area contributed by atoms with Gasteiger partial charge in [0.2, 0.25) is 6.54 Å². The average molecular weight is 225 g/mol. The number of nitro groups is 1. The summed E-state index contributed by atoms with van der Waals surface area (Å²) in [4.78, 5) is 10.3. The van der Waals surface area contributed by atoms with E-state index in [1.807, 2.05) is 20.8 Å². The third kappa shape index (κ3) is 3.29. The Morgan fingerprint density at radius 1 is 1.31 bits per heavy atom. The molecular weight excluding hydrogens is 209 g/mol. The highest BCUT2D eigenvalue weighted by Crippen LogP contribution is 2.35. The first-order chi connectivity index (χ1) is 7.30. The minimum Gasteiger partial charge on any atom is -0.265 e. The third-order valence-corrected chi connectivity index (χ3v) is 2.65. The molecule has 0 aliphatic carbocycles. The van der Waals surface area contributed by atoms with Gasteiger partial charge in [0.25, 0.3) is 0 Å². The number of hydrogen-bond donors (Lipinski definition) is 0. The fourth-order valence-corrected chi connectivity index (χ4v) is 1.72. The smallest absolute Gasteiger partial charge is 0.211 e. The largest absolute Gasteiger partial charge is 0.265 e. The van der Waals surface area contributed by atoms with E-state index in [0.29, 0.717) is 0 Å². The summed E-state index contributed by atoms with van der Waals surface area (Å²) in [5.41, 5.74) is 0.593. The summed E-state index contributed by atoms with van der Waals surface area (Å²) in [5.74, 6) is -0.527. The first-order valence-electron chi connectivity index (χ1n) is 5.18. The van der Waals surface area contributed by atoms with Crippen LogP contribution in [-0.4, -0.2) is 11.5 Å². The minimum atomic E-state index is -0.322. The van der Waals surface area contributed by atoms with Gasteiger partial charge in [0.05, 0.1) is 5.92 Å². The van der Waals surface area contributed by atoms with Gasteiger partial charge in [0.1, 0.15) is 5.82 Å². The van der Waals surface area contributed by atoms with Crippen molar-refractivity contribution in [3.8, 4) is 0 Å². The van der Waals surface area contributed by atoms with Crippen molar-refractivity contribution in [2.45, 2.75) is 26.7 Å². The van der Waals surface area contributed by atoms with Gasteiger partial charge in [0.15, 0.2) is 0 Å². The lowest BCUT2D eigenvalue weighted by molar-refractivity contribution is -0.486. The molecule has 1 aromatic carbocycles. The zero-order valence-corrected chi connectivity index (χ0v) is 9.74. The van der Waals surface area contributed by atoms with Crippen LogP contribution in [-0.2, 0) is 0 Å². The Bertz CT molecular complexity index is 368. The Kier molecular flexibility index (Phi) is 3.62. The highest BCUT2D eigenvalue weighted by Gasteiger charge is 2.30. The molecule has 0 bridgehead atoms. The molecule has 0 radical (unpaired) electrons. The predicted molar refractivity (Wildman–Crippen MR) is 60.5 cm³/mol. The second-order valence-corrected chi connectivity index (χ2v) is 4.99. The van der Waals surface area contributed by atoms with Crippen LogP contribution in [0.1, 0.15) is 32.3 Å². The van der Waals surface area contributed by atoms with Crippen molar-refractivity contribution in [1.82, 2.24) is 0 Å².